The van der Waals surface area contributed by atoms with Crippen LogP contribution in [0, 0.1) is 11.3 Å². The van der Waals surface area contributed by atoms with Gasteiger partial charge in [-0.3, -0.25) is 0 Å². The molecule has 0 atom stereocenters. The number of methoxy groups -OCH3 is 1. The molecular formula is C12H14BrNO. The Balaban J connectivity index is 3.24. The standard InChI is InChI=1S/C12H14BrNO/c1-8(2)10-7-12(15-3)9(4-5-14)6-11(10)13/h6-8H,4H2,1-3H3. The molecule has 0 N–H and O–H groups in total. The van der Waals surface area contributed by atoms with Crippen molar-refractivity contribution >= 4 is 15.9 Å². The lowest BCUT2D eigenvalue weighted by molar-refractivity contribution is 0.410. The summed E-state index contributed by atoms with van der Waals surface area (Å²) in [6.45, 7) is 4.26. The van der Waals surface area contributed by atoms with E-state index in [4.69, 9.17) is 10.00 Å². The van der Waals surface area contributed by atoms with Gasteiger partial charge in [0.25, 0.3) is 0 Å². The maximum absolute atomic E-state index is 8.69. The molecule has 0 saturated heterocycles. The van der Waals surface area contributed by atoms with Crippen LogP contribution in [0.3, 0.4) is 0 Å². The van der Waals surface area contributed by atoms with E-state index in [0.29, 0.717) is 12.3 Å². The van der Waals surface area contributed by atoms with E-state index in [2.05, 4.69) is 35.8 Å². The lowest BCUT2D eigenvalue weighted by atomic mass is 10.00. The van der Waals surface area contributed by atoms with Gasteiger partial charge < -0.3 is 4.74 Å². The number of ether oxygens (including phenoxy) is 1. The number of hydrogen-bond acceptors (Lipinski definition) is 2. The van der Waals surface area contributed by atoms with E-state index in [-0.39, 0.29) is 0 Å². The third-order valence-corrected chi connectivity index (χ3v) is 2.98. The minimum atomic E-state index is 0.375. The second-order valence-electron chi connectivity index (χ2n) is 3.68. The molecule has 1 aromatic rings. The average Bonchev–Trinajstić information content (AvgIpc) is 2.18. The SMILES string of the molecule is COc1cc(C(C)C)c(Br)cc1CC#N. The van der Waals surface area contributed by atoms with E-state index in [9.17, 15) is 0 Å². The first-order chi connectivity index (χ1) is 7.10. The van der Waals surface area contributed by atoms with Crippen LogP contribution in [0.15, 0.2) is 16.6 Å². The van der Waals surface area contributed by atoms with E-state index in [1.807, 2.05) is 12.1 Å². The third kappa shape index (κ3) is 2.73. The fourth-order valence-corrected chi connectivity index (χ4v) is 2.31. The van der Waals surface area contributed by atoms with Gasteiger partial charge in [0, 0.05) is 10.0 Å². The van der Waals surface area contributed by atoms with Crippen LogP contribution in [0.2, 0.25) is 0 Å². The lowest BCUT2D eigenvalue weighted by Gasteiger charge is -2.13. The first-order valence-electron chi connectivity index (χ1n) is 4.83. The van der Waals surface area contributed by atoms with Gasteiger partial charge in [0.2, 0.25) is 0 Å². The van der Waals surface area contributed by atoms with Crippen LogP contribution in [0.1, 0.15) is 30.9 Å². The highest BCUT2D eigenvalue weighted by Gasteiger charge is 2.10. The van der Waals surface area contributed by atoms with Gasteiger partial charge in [-0.2, -0.15) is 5.26 Å². The van der Waals surface area contributed by atoms with Crippen molar-refractivity contribution < 1.29 is 4.74 Å². The van der Waals surface area contributed by atoms with Crippen LogP contribution in [-0.2, 0) is 6.42 Å². The molecule has 1 rings (SSSR count). The van der Waals surface area contributed by atoms with E-state index in [0.717, 1.165) is 15.8 Å². The van der Waals surface area contributed by atoms with Crippen LogP contribution < -0.4 is 4.74 Å². The number of benzene rings is 1. The zero-order valence-corrected chi connectivity index (χ0v) is 10.8. The van der Waals surface area contributed by atoms with Gasteiger partial charge in [-0.15, -0.1) is 0 Å². The van der Waals surface area contributed by atoms with E-state index < -0.39 is 0 Å². The number of nitrogens with zero attached hydrogens (tertiary/aromatic N) is 1. The first kappa shape index (κ1) is 12.1. The Morgan fingerprint density at radius 1 is 1.47 bits per heavy atom. The second-order valence-corrected chi connectivity index (χ2v) is 4.53. The second kappa shape index (κ2) is 5.18. The molecule has 2 nitrogen and oxygen atoms in total. The Morgan fingerprint density at radius 3 is 2.60 bits per heavy atom. The van der Waals surface area contributed by atoms with Gasteiger partial charge in [-0.25, -0.2) is 0 Å². The van der Waals surface area contributed by atoms with E-state index >= 15 is 0 Å². The van der Waals surface area contributed by atoms with Crippen molar-refractivity contribution in [2.45, 2.75) is 26.2 Å². The van der Waals surface area contributed by atoms with Crippen LogP contribution in [-0.4, -0.2) is 7.11 Å². The highest BCUT2D eigenvalue weighted by molar-refractivity contribution is 9.10. The first-order valence-corrected chi connectivity index (χ1v) is 5.62. The van der Waals surface area contributed by atoms with Crippen molar-refractivity contribution in [3.05, 3.63) is 27.7 Å². The summed E-state index contributed by atoms with van der Waals surface area (Å²) in [4.78, 5) is 0. The molecule has 0 aliphatic heterocycles. The zero-order valence-electron chi connectivity index (χ0n) is 9.17. The molecule has 1 aromatic carbocycles. The smallest absolute Gasteiger partial charge is 0.123 e. The predicted octanol–water partition coefficient (Wildman–Crippen LogP) is 3.65. The molecule has 0 aliphatic rings. The summed E-state index contributed by atoms with van der Waals surface area (Å²) in [6, 6.07) is 6.10. The van der Waals surface area contributed by atoms with Gasteiger partial charge in [0.1, 0.15) is 5.75 Å². The van der Waals surface area contributed by atoms with Crippen molar-refractivity contribution in [2.75, 3.05) is 7.11 Å². The van der Waals surface area contributed by atoms with E-state index in [1.165, 1.54) is 5.56 Å². The van der Waals surface area contributed by atoms with Crippen LogP contribution >= 0.6 is 15.9 Å². The Labute approximate surface area is 99.0 Å². The van der Waals surface area contributed by atoms with E-state index in [1.54, 1.807) is 7.11 Å². The molecule has 0 saturated carbocycles. The van der Waals surface area contributed by atoms with Gasteiger partial charge in [0.05, 0.1) is 19.6 Å². The highest BCUT2D eigenvalue weighted by atomic mass is 79.9. The van der Waals surface area contributed by atoms with Crippen LogP contribution in [0.4, 0.5) is 0 Å². The van der Waals surface area contributed by atoms with Crippen LogP contribution in [0.5, 0.6) is 5.75 Å². The van der Waals surface area contributed by atoms with Crippen LogP contribution in [0.25, 0.3) is 0 Å². The summed E-state index contributed by atoms with van der Waals surface area (Å²) in [7, 11) is 1.63. The minimum Gasteiger partial charge on any atom is -0.496 e. The molecule has 80 valence electrons. The predicted molar refractivity (Wildman–Crippen MR) is 64.1 cm³/mol. The summed E-state index contributed by atoms with van der Waals surface area (Å²) < 4.78 is 6.32. The molecule has 0 heterocycles. The number of nitriles is 1. The Morgan fingerprint density at radius 2 is 2.13 bits per heavy atom. The summed E-state index contributed by atoms with van der Waals surface area (Å²) in [5.41, 5.74) is 2.13. The minimum absolute atomic E-state index is 0.375. The quantitative estimate of drug-likeness (QED) is 0.838. The molecular weight excluding hydrogens is 254 g/mol. The molecule has 0 bridgehead atoms. The topological polar surface area (TPSA) is 33.0 Å². The molecule has 15 heavy (non-hydrogen) atoms. The largest absolute Gasteiger partial charge is 0.496 e. The summed E-state index contributed by atoms with van der Waals surface area (Å²) >= 11 is 3.52. The average molecular weight is 268 g/mol. The zero-order chi connectivity index (χ0) is 11.4. The maximum atomic E-state index is 8.69. The Bertz CT molecular complexity index is 393. The maximum Gasteiger partial charge on any atom is 0.123 e. The summed E-state index contributed by atoms with van der Waals surface area (Å²) in [5, 5.41) is 8.69. The van der Waals surface area contributed by atoms with Crippen molar-refractivity contribution in [3.8, 4) is 11.8 Å². The molecule has 0 aromatic heterocycles. The number of rotatable bonds is 3. The molecule has 0 spiro atoms. The Kier molecular flexibility index (Phi) is 4.16. The lowest BCUT2D eigenvalue weighted by Crippen LogP contribution is -1.96. The molecule has 0 aliphatic carbocycles. The summed E-state index contributed by atoms with van der Waals surface area (Å²) in [6.07, 6.45) is 0.375. The molecule has 0 fully saturated rings. The van der Waals surface area contributed by atoms with Crippen molar-refractivity contribution in [1.29, 1.82) is 5.26 Å². The Hall–Kier alpha value is -1.01. The van der Waals surface area contributed by atoms with Gasteiger partial charge >= 0.3 is 0 Å². The molecule has 3 heteroatoms. The van der Waals surface area contributed by atoms with Crippen molar-refractivity contribution in [2.24, 2.45) is 0 Å². The monoisotopic (exact) mass is 267 g/mol. The van der Waals surface area contributed by atoms with Gasteiger partial charge in [-0.1, -0.05) is 29.8 Å². The van der Waals surface area contributed by atoms with Gasteiger partial charge in [0.15, 0.2) is 0 Å². The fourth-order valence-electron chi connectivity index (χ4n) is 1.47. The van der Waals surface area contributed by atoms with Crippen molar-refractivity contribution in [1.82, 2.24) is 0 Å². The number of halogens is 1. The van der Waals surface area contributed by atoms with Crippen molar-refractivity contribution in [3.63, 3.8) is 0 Å². The normalized spacial score (nSPS) is 10.1. The third-order valence-electron chi connectivity index (χ3n) is 2.29. The fraction of sp³-hybridized carbons (Fsp3) is 0.417. The molecule has 0 unspecified atom stereocenters. The number of hydrogen-bond donors (Lipinski definition) is 0. The summed E-state index contributed by atoms with van der Waals surface area (Å²) in [5.74, 6) is 1.23. The van der Waals surface area contributed by atoms with Gasteiger partial charge in [-0.05, 0) is 23.6 Å². The highest BCUT2D eigenvalue weighted by Crippen LogP contribution is 2.32. The molecule has 0 radical (unpaired) electrons. The molecule has 0 amide bonds.